The van der Waals surface area contributed by atoms with Gasteiger partial charge in [0.05, 0.1) is 38.1 Å². The number of amides is 1. The number of aryl methyl sites for hydroxylation is 1. The van der Waals surface area contributed by atoms with Crippen molar-refractivity contribution in [1.29, 1.82) is 0 Å². The third kappa shape index (κ3) is 5.86. The fraction of sp³-hybridized carbons (Fsp3) is 0.212. The van der Waals surface area contributed by atoms with Crippen LogP contribution in [0, 0.1) is 6.92 Å². The van der Waals surface area contributed by atoms with Crippen LogP contribution < -0.4 is 19.1 Å². The molecule has 1 aliphatic heterocycles. The number of hydrogen-bond donors (Lipinski definition) is 1. The molecular formula is C33H30N2O8S. The van der Waals surface area contributed by atoms with Crippen LogP contribution in [0.4, 0.5) is 5.13 Å². The van der Waals surface area contributed by atoms with Crippen molar-refractivity contribution < 1.29 is 38.4 Å². The predicted octanol–water partition coefficient (Wildman–Crippen LogP) is 5.85. The van der Waals surface area contributed by atoms with E-state index in [0.29, 0.717) is 47.3 Å². The molecule has 10 nitrogen and oxygen atoms in total. The fourth-order valence-corrected chi connectivity index (χ4v) is 5.89. The summed E-state index contributed by atoms with van der Waals surface area (Å²) in [5.41, 5.74) is 1.88. The molecule has 5 rings (SSSR count). The van der Waals surface area contributed by atoms with Crippen molar-refractivity contribution in [3.63, 3.8) is 0 Å². The maximum atomic E-state index is 13.6. The number of carbonyl (C=O) groups excluding carboxylic acids is 3. The first kappa shape index (κ1) is 30.3. The number of anilines is 1. The SMILES string of the molecule is CCOc1cccc(C(O)=C2C(=O)C(=O)N(c3nc(C)c(C(=O)OC)s3)C2c2ccc(OCc3ccccc3)c(OC)c2)c1. The Morgan fingerprint density at radius 1 is 0.977 bits per heavy atom. The van der Waals surface area contributed by atoms with Gasteiger partial charge in [0.1, 0.15) is 23.0 Å². The molecule has 2 heterocycles. The molecule has 0 radical (unpaired) electrons. The molecule has 11 heteroatoms. The highest BCUT2D eigenvalue weighted by Gasteiger charge is 2.48. The molecule has 3 aromatic carbocycles. The van der Waals surface area contributed by atoms with Gasteiger partial charge in [-0.05, 0) is 49.2 Å². The Balaban J connectivity index is 1.64. The van der Waals surface area contributed by atoms with Crippen LogP contribution in [0.25, 0.3) is 5.76 Å². The minimum absolute atomic E-state index is 0.0977. The average Bonchev–Trinajstić information content (AvgIpc) is 3.55. The van der Waals surface area contributed by atoms with Gasteiger partial charge in [-0.15, -0.1) is 0 Å². The molecule has 1 amide bonds. The van der Waals surface area contributed by atoms with Gasteiger partial charge >= 0.3 is 11.9 Å². The topological polar surface area (TPSA) is 124 Å². The number of Topliss-reactive ketones (excluding diaryl/α,β-unsaturated/α-hetero) is 1. The molecule has 1 saturated heterocycles. The van der Waals surface area contributed by atoms with Crippen LogP contribution in [-0.4, -0.2) is 48.6 Å². The van der Waals surface area contributed by atoms with E-state index in [-0.39, 0.29) is 21.3 Å². The van der Waals surface area contributed by atoms with Crippen molar-refractivity contribution in [2.75, 3.05) is 25.7 Å². The summed E-state index contributed by atoms with van der Waals surface area (Å²) >= 11 is 0.918. The fourth-order valence-electron chi connectivity index (χ4n) is 4.88. The zero-order chi connectivity index (χ0) is 31.4. The lowest BCUT2D eigenvalue weighted by Gasteiger charge is -2.24. The molecule has 0 spiro atoms. The van der Waals surface area contributed by atoms with Gasteiger partial charge < -0.3 is 24.1 Å². The van der Waals surface area contributed by atoms with E-state index in [4.69, 9.17) is 18.9 Å². The summed E-state index contributed by atoms with van der Waals surface area (Å²) < 4.78 is 22.1. The van der Waals surface area contributed by atoms with Crippen LogP contribution in [-0.2, 0) is 20.9 Å². The summed E-state index contributed by atoms with van der Waals surface area (Å²) in [5.74, 6) is -1.54. The van der Waals surface area contributed by atoms with Gasteiger partial charge in [-0.2, -0.15) is 0 Å². The molecule has 1 atom stereocenters. The number of methoxy groups -OCH3 is 2. The summed E-state index contributed by atoms with van der Waals surface area (Å²) in [6, 6.07) is 20.1. The molecule has 1 unspecified atom stereocenters. The van der Waals surface area contributed by atoms with Gasteiger partial charge in [0.15, 0.2) is 16.6 Å². The molecule has 0 saturated carbocycles. The molecule has 1 fully saturated rings. The van der Waals surface area contributed by atoms with E-state index in [1.54, 1.807) is 49.4 Å². The van der Waals surface area contributed by atoms with Gasteiger partial charge in [-0.3, -0.25) is 14.5 Å². The molecule has 226 valence electrons. The van der Waals surface area contributed by atoms with Gasteiger partial charge in [-0.1, -0.05) is 59.9 Å². The zero-order valence-corrected chi connectivity index (χ0v) is 25.3. The molecule has 1 N–H and O–H groups in total. The number of aromatic nitrogens is 1. The highest BCUT2D eigenvalue weighted by atomic mass is 32.1. The van der Waals surface area contributed by atoms with Crippen LogP contribution in [0.15, 0.2) is 78.4 Å². The van der Waals surface area contributed by atoms with Crippen molar-refractivity contribution in [1.82, 2.24) is 4.98 Å². The summed E-state index contributed by atoms with van der Waals surface area (Å²) in [6.45, 7) is 4.13. The van der Waals surface area contributed by atoms with Crippen LogP contribution in [0.3, 0.4) is 0 Å². The maximum absolute atomic E-state index is 13.6. The molecular weight excluding hydrogens is 584 g/mol. The molecule has 0 aliphatic carbocycles. The minimum Gasteiger partial charge on any atom is -0.507 e. The molecule has 1 aromatic heterocycles. The Hall–Kier alpha value is -5.16. The lowest BCUT2D eigenvalue weighted by atomic mass is 9.95. The van der Waals surface area contributed by atoms with Gasteiger partial charge in [0.25, 0.3) is 5.78 Å². The number of carbonyl (C=O) groups is 3. The zero-order valence-electron chi connectivity index (χ0n) is 24.5. The van der Waals surface area contributed by atoms with Gasteiger partial charge in [-0.25, -0.2) is 9.78 Å². The predicted molar refractivity (Wildman–Crippen MR) is 164 cm³/mol. The summed E-state index contributed by atoms with van der Waals surface area (Å²) in [5, 5.41) is 11.6. The number of thiazole rings is 1. The van der Waals surface area contributed by atoms with Gasteiger partial charge in [0.2, 0.25) is 0 Å². The molecule has 44 heavy (non-hydrogen) atoms. The number of hydrogen-bond acceptors (Lipinski definition) is 10. The third-order valence-electron chi connectivity index (χ3n) is 6.97. The quantitative estimate of drug-likeness (QED) is 0.101. The second-order valence-electron chi connectivity index (χ2n) is 9.72. The molecule has 4 aromatic rings. The first-order valence-corrected chi connectivity index (χ1v) is 14.5. The Morgan fingerprint density at radius 2 is 1.75 bits per heavy atom. The van der Waals surface area contributed by atoms with Crippen molar-refractivity contribution in [3.8, 4) is 17.2 Å². The molecule has 0 bridgehead atoms. The Labute approximate surface area is 258 Å². The molecule has 1 aliphatic rings. The number of rotatable bonds is 10. The highest BCUT2D eigenvalue weighted by molar-refractivity contribution is 7.17. The number of aliphatic hydroxyl groups is 1. The number of ketones is 1. The van der Waals surface area contributed by atoms with Crippen LogP contribution >= 0.6 is 11.3 Å². The number of aliphatic hydroxyl groups excluding tert-OH is 1. The van der Waals surface area contributed by atoms with Crippen LogP contribution in [0.1, 0.15) is 45.0 Å². The Bertz CT molecular complexity index is 1750. The van der Waals surface area contributed by atoms with E-state index in [1.165, 1.54) is 19.1 Å². The number of benzene rings is 3. The first-order chi connectivity index (χ1) is 21.3. The van der Waals surface area contributed by atoms with Crippen molar-refractivity contribution in [3.05, 3.63) is 106 Å². The Kier molecular flexibility index (Phi) is 8.96. The summed E-state index contributed by atoms with van der Waals surface area (Å²) in [7, 11) is 2.73. The maximum Gasteiger partial charge on any atom is 0.350 e. The van der Waals surface area contributed by atoms with Crippen molar-refractivity contribution >= 4 is 39.9 Å². The van der Waals surface area contributed by atoms with E-state index in [9.17, 15) is 19.5 Å². The highest BCUT2D eigenvalue weighted by Crippen LogP contribution is 2.45. The number of nitrogens with zero attached hydrogens (tertiary/aromatic N) is 2. The van der Waals surface area contributed by atoms with E-state index in [1.807, 2.05) is 37.3 Å². The smallest absolute Gasteiger partial charge is 0.350 e. The number of ether oxygens (including phenoxy) is 4. The second-order valence-corrected chi connectivity index (χ2v) is 10.7. The first-order valence-electron chi connectivity index (χ1n) is 13.7. The third-order valence-corrected chi connectivity index (χ3v) is 8.10. The second kappa shape index (κ2) is 13.0. The van der Waals surface area contributed by atoms with Crippen molar-refractivity contribution in [2.24, 2.45) is 0 Å². The lowest BCUT2D eigenvalue weighted by Crippen LogP contribution is -2.29. The summed E-state index contributed by atoms with van der Waals surface area (Å²) in [6.07, 6.45) is 0. The normalized spacial score (nSPS) is 15.7. The number of esters is 1. The minimum atomic E-state index is -1.11. The van der Waals surface area contributed by atoms with Crippen LogP contribution in [0.2, 0.25) is 0 Å². The van der Waals surface area contributed by atoms with E-state index >= 15 is 0 Å². The van der Waals surface area contributed by atoms with Crippen LogP contribution in [0.5, 0.6) is 17.2 Å². The lowest BCUT2D eigenvalue weighted by molar-refractivity contribution is -0.132. The van der Waals surface area contributed by atoms with Gasteiger partial charge in [0, 0.05) is 5.56 Å². The van der Waals surface area contributed by atoms with E-state index < -0.39 is 23.7 Å². The van der Waals surface area contributed by atoms with Crippen molar-refractivity contribution in [2.45, 2.75) is 26.5 Å². The largest absolute Gasteiger partial charge is 0.507 e. The standard InChI is InChI=1S/C33H30N2O8S/c1-5-42-23-13-9-12-22(16-23)28(36)26-27(35(31(38)29(26)37)33-34-19(2)30(44-33)32(39)41-4)21-14-15-24(25(17-21)40-3)43-18-20-10-7-6-8-11-20/h6-17,27,36H,5,18H2,1-4H3. The van der Waals surface area contributed by atoms with E-state index in [0.717, 1.165) is 16.9 Å². The monoisotopic (exact) mass is 614 g/mol. The van der Waals surface area contributed by atoms with E-state index in [2.05, 4.69) is 4.98 Å². The average molecular weight is 615 g/mol. The Morgan fingerprint density at radius 3 is 2.45 bits per heavy atom. The summed E-state index contributed by atoms with van der Waals surface area (Å²) in [4.78, 5) is 45.5.